The Morgan fingerprint density at radius 2 is 1.70 bits per heavy atom. The SMILES string of the molecule is CCCCCCCCN1CCC(c2nnc(-c3ccc(C(=O)On4nnc5ccccc54)cc3)s2)CC1. The molecule has 0 spiro atoms. The first-order valence-electron chi connectivity index (χ1n) is 13.4. The normalized spacial score (nSPS) is 14.8. The summed E-state index contributed by atoms with van der Waals surface area (Å²) in [5.74, 6) is -0.00770. The van der Waals surface area contributed by atoms with Gasteiger partial charge in [-0.2, -0.15) is 0 Å². The minimum atomic E-state index is -0.493. The molecular formula is C28H34N6O2S. The van der Waals surface area contributed by atoms with Gasteiger partial charge in [0.15, 0.2) is 0 Å². The molecule has 0 aliphatic carbocycles. The van der Waals surface area contributed by atoms with Crippen LogP contribution in [0.2, 0.25) is 0 Å². The maximum atomic E-state index is 12.6. The van der Waals surface area contributed by atoms with Crippen molar-refractivity contribution in [2.45, 2.75) is 64.2 Å². The average molecular weight is 519 g/mol. The van der Waals surface area contributed by atoms with E-state index < -0.39 is 5.97 Å². The second kappa shape index (κ2) is 12.4. The highest BCUT2D eigenvalue weighted by Crippen LogP contribution is 2.33. The number of carbonyl (C=O) groups is 1. The molecule has 8 nitrogen and oxygen atoms in total. The number of aromatic nitrogens is 5. The van der Waals surface area contributed by atoms with Crippen LogP contribution in [0.15, 0.2) is 48.5 Å². The summed E-state index contributed by atoms with van der Waals surface area (Å²) in [6, 6.07) is 14.6. The molecule has 0 radical (unpaired) electrons. The molecule has 194 valence electrons. The van der Waals surface area contributed by atoms with Gasteiger partial charge in [-0.15, -0.1) is 15.3 Å². The Kier molecular flexibility index (Phi) is 8.53. The second-order valence-electron chi connectivity index (χ2n) is 9.74. The number of nitrogens with zero attached hydrogens (tertiary/aromatic N) is 6. The zero-order valence-corrected chi connectivity index (χ0v) is 22.2. The minimum absolute atomic E-state index is 0.436. The Labute approximate surface area is 221 Å². The summed E-state index contributed by atoms with van der Waals surface area (Å²) in [5, 5.41) is 18.9. The van der Waals surface area contributed by atoms with Crippen molar-refractivity contribution in [3.63, 3.8) is 0 Å². The van der Waals surface area contributed by atoms with E-state index >= 15 is 0 Å². The first-order chi connectivity index (χ1) is 18.2. The molecule has 1 aliphatic heterocycles. The van der Waals surface area contributed by atoms with Crippen molar-refractivity contribution in [2.75, 3.05) is 19.6 Å². The standard InChI is InChI=1S/C28H34N6O2S/c1-2-3-4-5-6-9-18-33-19-16-22(17-20-33)27-31-30-26(37-27)21-12-14-23(15-13-21)28(35)36-34-25-11-8-7-10-24(25)29-32-34/h7-8,10-15,22H,2-6,9,16-20H2,1H3. The Hall–Kier alpha value is -3.17. The van der Waals surface area contributed by atoms with E-state index in [0.717, 1.165) is 46.4 Å². The lowest BCUT2D eigenvalue weighted by atomic mass is 9.97. The van der Waals surface area contributed by atoms with Crippen molar-refractivity contribution in [1.29, 1.82) is 0 Å². The first-order valence-corrected chi connectivity index (χ1v) is 14.2. The molecule has 2 aromatic carbocycles. The fraction of sp³-hybridized carbons (Fsp3) is 0.464. The highest BCUT2D eigenvalue weighted by molar-refractivity contribution is 7.14. The highest BCUT2D eigenvalue weighted by atomic mass is 32.1. The Balaban J connectivity index is 1.12. The van der Waals surface area contributed by atoms with Crippen molar-refractivity contribution in [1.82, 2.24) is 30.3 Å². The van der Waals surface area contributed by atoms with Crippen molar-refractivity contribution in [3.8, 4) is 10.6 Å². The Morgan fingerprint density at radius 3 is 2.51 bits per heavy atom. The van der Waals surface area contributed by atoms with E-state index in [1.807, 2.05) is 30.3 Å². The third kappa shape index (κ3) is 6.40. The van der Waals surface area contributed by atoms with Crippen LogP contribution in [0.5, 0.6) is 0 Å². The number of para-hydroxylation sites is 1. The van der Waals surface area contributed by atoms with Gasteiger partial charge in [-0.3, -0.25) is 0 Å². The maximum Gasteiger partial charge on any atom is 0.365 e. The lowest BCUT2D eigenvalue weighted by Gasteiger charge is -2.30. The van der Waals surface area contributed by atoms with E-state index in [9.17, 15) is 4.79 Å². The first kappa shape index (κ1) is 25.5. The van der Waals surface area contributed by atoms with Gasteiger partial charge in [-0.25, -0.2) is 4.79 Å². The third-order valence-corrected chi connectivity index (χ3v) is 8.20. The van der Waals surface area contributed by atoms with Gasteiger partial charge in [-0.05, 0) is 68.4 Å². The van der Waals surface area contributed by atoms with E-state index in [1.54, 1.807) is 29.5 Å². The highest BCUT2D eigenvalue weighted by Gasteiger charge is 2.24. The van der Waals surface area contributed by atoms with Crippen LogP contribution >= 0.6 is 11.3 Å². The quantitative estimate of drug-likeness (QED) is 0.184. The fourth-order valence-corrected chi connectivity index (χ4v) is 5.85. The van der Waals surface area contributed by atoms with Crippen LogP contribution in [-0.2, 0) is 0 Å². The molecule has 0 N–H and O–H groups in total. The van der Waals surface area contributed by atoms with E-state index in [1.165, 1.54) is 45.1 Å². The average Bonchev–Trinajstić information content (AvgIpc) is 3.59. The van der Waals surface area contributed by atoms with E-state index in [2.05, 4.69) is 32.3 Å². The molecule has 0 atom stereocenters. The molecule has 5 rings (SSSR count). The van der Waals surface area contributed by atoms with Gasteiger partial charge in [0.1, 0.15) is 21.0 Å². The molecule has 0 bridgehead atoms. The summed E-state index contributed by atoms with van der Waals surface area (Å²) in [7, 11) is 0. The zero-order valence-electron chi connectivity index (χ0n) is 21.4. The van der Waals surface area contributed by atoms with E-state index in [4.69, 9.17) is 4.84 Å². The predicted octanol–water partition coefficient (Wildman–Crippen LogP) is 5.76. The minimum Gasteiger partial charge on any atom is -0.312 e. The molecule has 9 heteroatoms. The van der Waals surface area contributed by atoms with E-state index in [0.29, 0.717) is 22.5 Å². The summed E-state index contributed by atoms with van der Waals surface area (Å²) in [6.45, 7) is 5.78. The van der Waals surface area contributed by atoms with Gasteiger partial charge >= 0.3 is 5.97 Å². The van der Waals surface area contributed by atoms with Crippen LogP contribution in [-0.4, -0.2) is 55.9 Å². The van der Waals surface area contributed by atoms with Gasteiger partial charge in [0.05, 0.1) is 5.56 Å². The number of hydrogen-bond donors (Lipinski definition) is 0. The van der Waals surface area contributed by atoms with Gasteiger partial charge in [0.25, 0.3) is 0 Å². The molecular weight excluding hydrogens is 484 g/mol. The third-order valence-electron chi connectivity index (χ3n) is 7.06. The molecule has 0 unspecified atom stereocenters. The summed E-state index contributed by atoms with van der Waals surface area (Å²) in [4.78, 5) is 21.8. The Bertz CT molecular complexity index is 1290. The zero-order chi connectivity index (χ0) is 25.5. The summed E-state index contributed by atoms with van der Waals surface area (Å²) in [5.41, 5.74) is 2.70. The van der Waals surface area contributed by atoms with Crippen molar-refractivity contribution < 1.29 is 9.63 Å². The monoisotopic (exact) mass is 518 g/mol. The maximum absolute atomic E-state index is 12.6. The number of fused-ring (bicyclic) bond motifs is 1. The number of likely N-dealkylation sites (tertiary alicyclic amines) is 1. The molecule has 1 saturated heterocycles. The lowest BCUT2D eigenvalue weighted by Crippen LogP contribution is -2.33. The summed E-state index contributed by atoms with van der Waals surface area (Å²) in [6.07, 6.45) is 10.4. The molecule has 1 fully saturated rings. The molecule has 4 aromatic rings. The second-order valence-corrected chi connectivity index (χ2v) is 10.7. The molecule has 0 saturated carbocycles. The number of carbonyl (C=O) groups excluding carboxylic acids is 1. The molecule has 0 amide bonds. The Morgan fingerprint density at radius 1 is 0.946 bits per heavy atom. The number of unbranched alkanes of at least 4 members (excludes halogenated alkanes) is 5. The van der Waals surface area contributed by atoms with Crippen LogP contribution < -0.4 is 4.84 Å². The largest absolute Gasteiger partial charge is 0.365 e. The van der Waals surface area contributed by atoms with Gasteiger partial charge < -0.3 is 9.74 Å². The van der Waals surface area contributed by atoms with Gasteiger partial charge in [0.2, 0.25) is 0 Å². The predicted molar refractivity (Wildman–Crippen MR) is 146 cm³/mol. The topological polar surface area (TPSA) is 86.0 Å². The summed E-state index contributed by atoms with van der Waals surface area (Å²) < 4.78 is 0. The number of benzene rings is 2. The van der Waals surface area contributed by atoms with E-state index in [-0.39, 0.29) is 0 Å². The van der Waals surface area contributed by atoms with Gasteiger partial charge in [-0.1, -0.05) is 79.5 Å². The smallest absolute Gasteiger partial charge is 0.312 e. The summed E-state index contributed by atoms with van der Waals surface area (Å²) >= 11 is 1.66. The number of piperidine rings is 1. The number of hydrogen-bond acceptors (Lipinski definition) is 8. The van der Waals surface area contributed by atoms with Crippen LogP contribution in [0.4, 0.5) is 0 Å². The molecule has 1 aliphatic rings. The van der Waals surface area contributed by atoms with Crippen LogP contribution in [0, 0.1) is 0 Å². The van der Waals surface area contributed by atoms with Crippen molar-refractivity contribution in [2.24, 2.45) is 0 Å². The van der Waals surface area contributed by atoms with Crippen LogP contribution in [0.25, 0.3) is 21.6 Å². The van der Waals surface area contributed by atoms with Crippen molar-refractivity contribution in [3.05, 3.63) is 59.1 Å². The molecule has 2 aromatic heterocycles. The lowest BCUT2D eigenvalue weighted by molar-refractivity contribution is 0.0409. The van der Waals surface area contributed by atoms with Crippen LogP contribution in [0.3, 0.4) is 0 Å². The molecule has 37 heavy (non-hydrogen) atoms. The van der Waals surface area contributed by atoms with Crippen molar-refractivity contribution >= 4 is 28.3 Å². The van der Waals surface area contributed by atoms with Gasteiger partial charge in [0, 0.05) is 11.5 Å². The molecule has 3 heterocycles. The van der Waals surface area contributed by atoms with Crippen LogP contribution in [0.1, 0.15) is 79.6 Å². The number of rotatable bonds is 11. The fourth-order valence-electron chi connectivity index (χ4n) is 4.83.